The average Bonchev–Trinajstić information content (AvgIpc) is 2.70. The van der Waals surface area contributed by atoms with E-state index in [1.807, 2.05) is 30.3 Å². The molecule has 0 saturated carbocycles. The topological polar surface area (TPSA) is 47.6 Å². The minimum Gasteiger partial charge on any atom is -0.496 e. The maximum absolute atomic E-state index is 13.8. The molecule has 0 saturated heterocycles. The van der Waals surface area contributed by atoms with Crippen molar-refractivity contribution in [1.82, 2.24) is 0 Å². The van der Waals surface area contributed by atoms with Crippen LogP contribution >= 0.6 is 0 Å². The van der Waals surface area contributed by atoms with Gasteiger partial charge in [0.25, 0.3) is 5.91 Å². The molecule has 6 heteroatoms. The third-order valence-corrected chi connectivity index (χ3v) is 4.09. The van der Waals surface area contributed by atoms with Crippen LogP contribution in [0.3, 0.4) is 0 Å². The molecule has 0 radical (unpaired) electrons. The third kappa shape index (κ3) is 4.92. The van der Waals surface area contributed by atoms with E-state index in [1.54, 1.807) is 18.2 Å². The van der Waals surface area contributed by atoms with Gasteiger partial charge in [0.05, 0.1) is 26.0 Å². The van der Waals surface area contributed by atoms with Crippen LogP contribution in [0.5, 0.6) is 5.75 Å². The van der Waals surface area contributed by atoms with E-state index in [9.17, 15) is 13.6 Å². The van der Waals surface area contributed by atoms with Crippen LogP contribution in [0, 0.1) is 11.6 Å². The van der Waals surface area contributed by atoms with Crippen molar-refractivity contribution in [3.63, 3.8) is 0 Å². The Balaban J connectivity index is 1.71. The zero-order chi connectivity index (χ0) is 19.9. The minimum atomic E-state index is -0.840. The van der Waals surface area contributed by atoms with Crippen molar-refractivity contribution in [2.45, 2.75) is 13.2 Å². The summed E-state index contributed by atoms with van der Waals surface area (Å²) >= 11 is 0. The minimum absolute atomic E-state index is 0.0934. The van der Waals surface area contributed by atoms with Crippen molar-refractivity contribution in [2.24, 2.45) is 0 Å². The highest BCUT2D eigenvalue weighted by Crippen LogP contribution is 2.23. The molecule has 28 heavy (non-hydrogen) atoms. The Morgan fingerprint density at radius 3 is 2.46 bits per heavy atom. The van der Waals surface area contributed by atoms with E-state index in [1.165, 1.54) is 13.2 Å². The number of halogens is 2. The fourth-order valence-corrected chi connectivity index (χ4v) is 2.67. The number of amides is 1. The molecule has 0 aromatic heterocycles. The molecule has 3 aromatic carbocycles. The Labute approximate surface area is 161 Å². The number of anilines is 1. The highest BCUT2D eigenvalue weighted by Gasteiger charge is 2.13. The highest BCUT2D eigenvalue weighted by atomic mass is 19.1. The van der Waals surface area contributed by atoms with Crippen LogP contribution in [0.25, 0.3) is 0 Å². The van der Waals surface area contributed by atoms with Gasteiger partial charge in [-0.2, -0.15) is 0 Å². The van der Waals surface area contributed by atoms with Crippen molar-refractivity contribution in [3.8, 4) is 5.75 Å². The number of hydrogen-bond donors (Lipinski definition) is 1. The summed E-state index contributed by atoms with van der Waals surface area (Å²) in [6.45, 7) is 0.658. The second kappa shape index (κ2) is 9.10. The van der Waals surface area contributed by atoms with Gasteiger partial charge in [-0.25, -0.2) is 8.78 Å². The number of carbonyl (C=O) groups excluding carboxylic acids is 1. The van der Waals surface area contributed by atoms with Gasteiger partial charge in [-0.1, -0.05) is 30.3 Å². The zero-order valence-electron chi connectivity index (χ0n) is 15.2. The molecule has 0 fully saturated rings. The average molecular weight is 383 g/mol. The Kier molecular flexibility index (Phi) is 6.34. The van der Waals surface area contributed by atoms with Crippen LogP contribution in [0.1, 0.15) is 21.5 Å². The van der Waals surface area contributed by atoms with Crippen molar-refractivity contribution < 1.29 is 23.0 Å². The van der Waals surface area contributed by atoms with Gasteiger partial charge in [0.2, 0.25) is 0 Å². The fourth-order valence-electron chi connectivity index (χ4n) is 2.67. The molecule has 0 aliphatic heterocycles. The van der Waals surface area contributed by atoms with Gasteiger partial charge in [0, 0.05) is 17.2 Å². The Morgan fingerprint density at radius 2 is 1.75 bits per heavy atom. The van der Waals surface area contributed by atoms with Gasteiger partial charge in [-0.15, -0.1) is 0 Å². The number of nitrogens with one attached hydrogen (secondary N) is 1. The first kappa shape index (κ1) is 19.5. The van der Waals surface area contributed by atoms with Gasteiger partial charge in [0.1, 0.15) is 17.4 Å². The fraction of sp³-hybridized carbons (Fsp3) is 0.136. The summed E-state index contributed by atoms with van der Waals surface area (Å²) in [5.41, 5.74) is 1.93. The van der Waals surface area contributed by atoms with Crippen molar-refractivity contribution in [3.05, 3.63) is 95.1 Å². The van der Waals surface area contributed by atoms with E-state index in [2.05, 4.69) is 5.32 Å². The van der Waals surface area contributed by atoms with Gasteiger partial charge in [-0.3, -0.25) is 4.79 Å². The third-order valence-electron chi connectivity index (χ3n) is 4.09. The van der Waals surface area contributed by atoms with E-state index in [4.69, 9.17) is 9.47 Å². The second-order valence-corrected chi connectivity index (χ2v) is 6.08. The van der Waals surface area contributed by atoms with Crippen LogP contribution in [-0.2, 0) is 18.0 Å². The number of rotatable bonds is 7. The quantitative estimate of drug-likeness (QED) is 0.628. The summed E-state index contributed by atoms with van der Waals surface area (Å²) in [5.74, 6) is -1.49. The first-order valence-corrected chi connectivity index (χ1v) is 8.62. The molecule has 0 spiro atoms. The molecule has 4 nitrogen and oxygen atoms in total. The SMILES string of the molecule is COc1ccc(C(=O)Nc2ccc(F)cc2F)cc1COCc1ccccc1. The standard InChI is InChI=1S/C22H19F2NO3/c1-27-21-10-7-16(22(26)25-20-9-8-18(23)12-19(20)24)11-17(21)14-28-13-15-5-3-2-4-6-15/h2-12H,13-14H2,1H3,(H,25,26). The zero-order valence-corrected chi connectivity index (χ0v) is 15.2. The van der Waals surface area contributed by atoms with Crippen LogP contribution in [0.15, 0.2) is 66.7 Å². The van der Waals surface area contributed by atoms with Crippen molar-refractivity contribution in [2.75, 3.05) is 12.4 Å². The molecule has 3 rings (SSSR count). The molecule has 0 aliphatic carbocycles. The molecule has 0 bridgehead atoms. The largest absolute Gasteiger partial charge is 0.496 e. The lowest BCUT2D eigenvalue weighted by Crippen LogP contribution is -2.13. The lowest BCUT2D eigenvalue weighted by Gasteiger charge is -2.12. The van der Waals surface area contributed by atoms with Gasteiger partial charge in [-0.05, 0) is 35.9 Å². The molecular formula is C22H19F2NO3. The molecule has 0 atom stereocenters. The van der Waals surface area contributed by atoms with E-state index < -0.39 is 17.5 Å². The smallest absolute Gasteiger partial charge is 0.255 e. The van der Waals surface area contributed by atoms with E-state index in [-0.39, 0.29) is 12.3 Å². The first-order valence-electron chi connectivity index (χ1n) is 8.62. The monoisotopic (exact) mass is 383 g/mol. The molecule has 0 heterocycles. The summed E-state index contributed by atoms with van der Waals surface area (Å²) in [7, 11) is 1.53. The van der Waals surface area contributed by atoms with Crippen LogP contribution in [-0.4, -0.2) is 13.0 Å². The summed E-state index contributed by atoms with van der Waals surface area (Å²) < 4.78 is 37.8. The predicted molar refractivity (Wildman–Crippen MR) is 102 cm³/mol. The maximum Gasteiger partial charge on any atom is 0.255 e. The molecule has 0 unspecified atom stereocenters. The van der Waals surface area contributed by atoms with Crippen LogP contribution in [0.4, 0.5) is 14.5 Å². The summed E-state index contributed by atoms with van der Waals surface area (Å²) in [4.78, 5) is 12.4. The Morgan fingerprint density at radius 1 is 0.964 bits per heavy atom. The van der Waals surface area contributed by atoms with Gasteiger partial charge < -0.3 is 14.8 Å². The van der Waals surface area contributed by atoms with Crippen LogP contribution < -0.4 is 10.1 Å². The number of benzene rings is 3. The van der Waals surface area contributed by atoms with Crippen molar-refractivity contribution in [1.29, 1.82) is 0 Å². The molecule has 144 valence electrons. The van der Waals surface area contributed by atoms with Gasteiger partial charge >= 0.3 is 0 Å². The summed E-state index contributed by atoms with van der Waals surface area (Å²) in [6.07, 6.45) is 0. The van der Waals surface area contributed by atoms with E-state index >= 15 is 0 Å². The van der Waals surface area contributed by atoms with Gasteiger partial charge in [0.15, 0.2) is 0 Å². The normalized spacial score (nSPS) is 10.5. The lowest BCUT2D eigenvalue weighted by atomic mass is 10.1. The number of hydrogen-bond acceptors (Lipinski definition) is 3. The van der Waals surface area contributed by atoms with Crippen LogP contribution in [0.2, 0.25) is 0 Å². The first-order chi connectivity index (χ1) is 13.6. The molecule has 3 aromatic rings. The lowest BCUT2D eigenvalue weighted by molar-refractivity contribution is 0.101. The Bertz CT molecular complexity index is 961. The number of methoxy groups -OCH3 is 1. The molecule has 0 aliphatic rings. The predicted octanol–water partition coefficient (Wildman–Crippen LogP) is 4.94. The molecule has 1 N–H and O–H groups in total. The summed E-state index contributed by atoms with van der Waals surface area (Å²) in [5, 5.41) is 2.44. The van der Waals surface area contributed by atoms with E-state index in [0.717, 1.165) is 11.6 Å². The van der Waals surface area contributed by atoms with Crippen molar-refractivity contribution >= 4 is 11.6 Å². The number of carbonyl (C=O) groups is 1. The Hall–Kier alpha value is -3.25. The maximum atomic E-state index is 13.8. The molecular weight excluding hydrogens is 364 g/mol. The van der Waals surface area contributed by atoms with E-state index in [0.29, 0.717) is 29.5 Å². The highest BCUT2D eigenvalue weighted by molar-refractivity contribution is 6.04. The number of ether oxygens (including phenoxy) is 2. The summed E-state index contributed by atoms with van der Waals surface area (Å²) in [6, 6.07) is 17.5. The second-order valence-electron chi connectivity index (χ2n) is 6.08. The molecule has 1 amide bonds.